The summed E-state index contributed by atoms with van der Waals surface area (Å²) in [6.07, 6.45) is 4.49. The van der Waals surface area contributed by atoms with Gasteiger partial charge in [0, 0.05) is 51.4 Å². The third kappa shape index (κ3) is 2.15. The molecule has 3 heterocycles. The molecule has 0 aliphatic carbocycles. The molecule has 1 amide bonds. The Morgan fingerprint density at radius 3 is 2.85 bits per heavy atom. The average molecular weight is 274 g/mol. The third-order valence-electron chi connectivity index (χ3n) is 3.66. The van der Waals surface area contributed by atoms with Crippen molar-refractivity contribution in [2.75, 3.05) is 11.9 Å². The molecule has 1 N–H and O–H groups in total. The van der Waals surface area contributed by atoms with Crippen molar-refractivity contribution < 1.29 is 4.79 Å². The van der Waals surface area contributed by atoms with E-state index in [4.69, 9.17) is 0 Å². The lowest BCUT2D eigenvalue weighted by atomic mass is 10.1. The van der Waals surface area contributed by atoms with E-state index in [1.807, 2.05) is 29.9 Å². The van der Waals surface area contributed by atoms with Crippen LogP contribution in [0.2, 0.25) is 0 Å². The summed E-state index contributed by atoms with van der Waals surface area (Å²) < 4.78 is 3.63. The second-order valence-electron chi connectivity index (χ2n) is 5.12. The molecule has 0 saturated carbocycles. The van der Waals surface area contributed by atoms with E-state index in [1.165, 1.54) is 5.69 Å². The van der Waals surface area contributed by atoms with Gasteiger partial charge in [0.25, 0.3) is 0 Å². The summed E-state index contributed by atoms with van der Waals surface area (Å²) in [6.45, 7) is 2.98. The van der Waals surface area contributed by atoms with E-state index in [-0.39, 0.29) is 5.91 Å². The first kappa shape index (κ1) is 12.7. The van der Waals surface area contributed by atoms with Gasteiger partial charge in [0.2, 0.25) is 5.91 Å². The predicted octanol–water partition coefficient (Wildman–Crippen LogP) is 0.802. The topological polar surface area (TPSA) is 68.0 Å². The van der Waals surface area contributed by atoms with E-state index in [2.05, 4.69) is 15.5 Å². The summed E-state index contributed by atoms with van der Waals surface area (Å²) in [5, 5.41) is 11.9. The molecule has 7 heteroatoms. The molecule has 2 aromatic heterocycles. The van der Waals surface area contributed by atoms with Gasteiger partial charge in [0.15, 0.2) is 5.82 Å². The zero-order valence-corrected chi connectivity index (χ0v) is 11.9. The average Bonchev–Trinajstić information content (AvgIpc) is 2.95. The molecule has 3 rings (SSSR count). The monoisotopic (exact) mass is 274 g/mol. The van der Waals surface area contributed by atoms with Crippen molar-refractivity contribution >= 4 is 17.4 Å². The number of aromatic nitrogens is 4. The lowest BCUT2D eigenvalue weighted by molar-refractivity contribution is -0.129. The number of nitrogens with one attached hydrogen (secondary N) is 1. The van der Waals surface area contributed by atoms with Crippen LogP contribution in [-0.4, -0.2) is 36.9 Å². The van der Waals surface area contributed by atoms with Crippen molar-refractivity contribution in [3.8, 4) is 0 Å². The highest BCUT2D eigenvalue weighted by atomic mass is 16.2. The van der Waals surface area contributed by atoms with Gasteiger partial charge >= 0.3 is 0 Å². The van der Waals surface area contributed by atoms with Crippen molar-refractivity contribution in [3.63, 3.8) is 0 Å². The SMILES string of the molecule is CC(=O)N1CCc2c(c(Nc3cnn(C)c3)nn2C)C1. The van der Waals surface area contributed by atoms with Gasteiger partial charge in [-0.05, 0) is 0 Å². The summed E-state index contributed by atoms with van der Waals surface area (Å²) in [5.74, 6) is 0.910. The molecular weight excluding hydrogens is 256 g/mol. The minimum Gasteiger partial charge on any atom is -0.338 e. The number of carbonyl (C=O) groups is 1. The number of anilines is 2. The van der Waals surface area contributed by atoms with Crippen molar-refractivity contribution in [2.24, 2.45) is 14.1 Å². The van der Waals surface area contributed by atoms with E-state index in [0.717, 1.165) is 30.0 Å². The van der Waals surface area contributed by atoms with Crippen LogP contribution < -0.4 is 5.32 Å². The highest BCUT2D eigenvalue weighted by molar-refractivity contribution is 5.74. The molecule has 0 saturated heterocycles. The fourth-order valence-corrected chi connectivity index (χ4v) is 2.58. The quantitative estimate of drug-likeness (QED) is 0.879. The number of fused-ring (bicyclic) bond motifs is 1. The van der Waals surface area contributed by atoms with Crippen molar-refractivity contribution in [2.45, 2.75) is 19.9 Å². The number of hydrogen-bond donors (Lipinski definition) is 1. The molecule has 0 unspecified atom stereocenters. The van der Waals surface area contributed by atoms with Gasteiger partial charge in [0.05, 0.1) is 18.4 Å². The van der Waals surface area contributed by atoms with Gasteiger partial charge in [-0.2, -0.15) is 10.2 Å². The number of carbonyl (C=O) groups excluding carboxylic acids is 1. The molecule has 1 aliphatic rings. The lowest BCUT2D eigenvalue weighted by Gasteiger charge is -2.26. The van der Waals surface area contributed by atoms with E-state index < -0.39 is 0 Å². The molecule has 0 atom stereocenters. The second-order valence-corrected chi connectivity index (χ2v) is 5.12. The molecule has 20 heavy (non-hydrogen) atoms. The highest BCUT2D eigenvalue weighted by Gasteiger charge is 2.25. The molecule has 0 fully saturated rings. The molecule has 0 radical (unpaired) electrons. The normalized spacial score (nSPS) is 14.2. The Bertz CT molecular complexity index is 656. The number of amides is 1. The first-order chi connectivity index (χ1) is 9.54. The maximum Gasteiger partial charge on any atom is 0.219 e. The number of aryl methyl sites for hydroxylation is 2. The second kappa shape index (κ2) is 4.66. The Kier molecular flexibility index (Phi) is 2.96. The van der Waals surface area contributed by atoms with Crippen LogP contribution in [0.25, 0.3) is 0 Å². The third-order valence-corrected chi connectivity index (χ3v) is 3.66. The fraction of sp³-hybridized carbons (Fsp3) is 0.462. The molecular formula is C13H18N6O. The van der Waals surface area contributed by atoms with Gasteiger partial charge in [-0.1, -0.05) is 0 Å². The maximum atomic E-state index is 11.6. The molecule has 2 aromatic rings. The molecule has 0 aromatic carbocycles. The van der Waals surface area contributed by atoms with Crippen LogP contribution in [0, 0.1) is 0 Å². The predicted molar refractivity (Wildman–Crippen MR) is 74.5 cm³/mol. The van der Waals surface area contributed by atoms with Crippen LogP contribution in [-0.2, 0) is 31.9 Å². The minimum atomic E-state index is 0.104. The zero-order valence-electron chi connectivity index (χ0n) is 11.9. The molecule has 106 valence electrons. The van der Waals surface area contributed by atoms with Crippen molar-refractivity contribution in [3.05, 3.63) is 23.7 Å². The first-order valence-electron chi connectivity index (χ1n) is 6.60. The maximum absolute atomic E-state index is 11.6. The first-order valence-corrected chi connectivity index (χ1v) is 6.60. The van der Waals surface area contributed by atoms with Crippen LogP contribution >= 0.6 is 0 Å². The van der Waals surface area contributed by atoms with E-state index in [9.17, 15) is 4.79 Å². The van der Waals surface area contributed by atoms with Gasteiger partial charge in [-0.3, -0.25) is 14.2 Å². The van der Waals surface area contributed by atoms with E-state index in [1.54, 1.807) is 17.8 Å². The summed E-state index contributed by atoms with van der Waals surface area (Å²) in [5.41, 5.74) is 3.18. The molecule has 7 nitrogen and oxygen atoms in total. The summed E-state index contributed by atoms with van der Waals surface area (Å²) in [4.78, 5) is 13.4. The van der Waals surface area contributed by atoms with E-state index in [0.29, 0.717) is 6.54 Å². The van der Waals surface area contributed by atoms with Gasteiger partial charge < -0.3 is 10.2 Å². The Hall–Kier alpha value is -2.31. The van der Waals surface area contributed by atoms with E-state index >= 15 is 0 Å². The number of hydrogen-bond acceptors (Lipinski definition) is 4. The number of nitrogens with zero attached hydrogens (tertiary/aromatic N) is 5. The van der Waals surface area contributed by atoms with Crippen LogP contribution in [0.15, 0.2) is 12.4 Å². The Labute approximate surface area is 117 Å². The van der Waals surface area contributed by atoms with Crippen LogP contribution in [0.1, 0.15) is 18.2 Å². The Morgan fingerprint density at radius 2 is 2.20 bits per heavy atom. The van der Waals surface area contributed by atoms with Gasteiger partial charge in [-0.25, -0.2) is 0 Å². The standard InChI is InChI=1S/C13H18N6O/c1-9(20)19-5-4-12-11(8-19)13(16-18(12)3)15-10-6-14-17(2)7-10/h6-7H,4-5,8H2,1-3H3,(H,15,16). The lowest BCUT2D eigenvalue weighted by Crippen LogP contribution is -2.34. The van der Waals surface area contributed by atoms with Crippen molar-refractivity contribution in [1.29, 1.82) is 0 Å². The Balaban J connectivity index is 1.91. The van der Waals surface area contributed by atoms with Crippen LogP contribution in [0.4, 0.5) is 11.5 Å². The highest BCUT2D eigenvalue weighted by Crippen LogP contribution is 2.27. The zero-order chi connectivity index (χ0) is 14.3. The molecule has 1 aliphatic heterocycles. The Morgan fingerprint density at radius 1 is 1.40 bits per heavy atom. The van der Waals surface area contributed by atoms with Crippen LogP contribution in [0.5, 0.6) is 0 Å². The van der Waals surface area contributed by atoms with Gasteiger partial charge in [0.1, 0.15) is 0 Å². The number of rotatable bonds is 2. The van der Waals surface area contributed by atoms with Crippen LogP contribution in [0.3, 0.4) is 0 Å². The minimum absolute atomic E-state index is 0.104. The smallest absolute Gasteiger partial charge is 0.219 e. The van der Waals surface area contributed by atoms with Gasteiger partial charge in [-0.15, -0.1) is 0 Å². The fourth-order valence-electron chi connectivity index (χ4n) is 2.58. The largest absolute Gasteiger partial charge is 0.338 e. The summed E-state index contributed by atoms with van der Waals surface area (Å²) in [7, 11) is 3.81. The molecule has 0 bridgehead atoms. The van der Waals surface area contributed by atoms with Crippen molar-refractivity contribution in [1.82, 2.24) is 24.5 Å². The molecule has 0 spiro atoms. The summed E-state index contributed by atoms with van der Waals surface area (Å²) >= 11 is 0. The summed E-state index contributed by atoms with van der Waals surface area (Å²) in [6, 6.07) is 0.